The fourth-order valence-corrected chi connectivity index (χ4v) is 2.44. The summed E-state index contributed by atoms with van der Waals surface area (Å²) in [7, 11) is 0. The van der Waals surface area contributed by atoms with Gasteiger partial charge in [-0.25, -0.2) is 4.39 Å². The van der Waals surface area contributed by atoms with Crippen molar-refractivity contribution in [1.29, 1.82) is 0 Å². The van der Waals surface area contributed by atoms with Gasteiger partial charge in [-0.3, -0.25) is 4.79 Å². The normalized spacial score (nSPS) is 11.2. The van der Waals surface area contributed by atoms with Crippen LogP contribution in [0.4, 0.5) is 23.2 Å². The molecule has 0 fully saturated rings. The maximum absolute atomic E-state index is 13.1. The predicted molar refractivity (Wildman–Crippen MR) is 97.3 cm³/mol. The lowest BCUT2D eigenvalue weighted by atomic mass is 10.1. The van der Waals surface area contributed by atoms with Gasteiger partial charge in [-0.2, -0.15) is 13.2 Å². The molecule has 1 N–H and O–H groups in total. The number of hydrogen-bond acceptors (Lipinski definition) is 2. The van der Waals surface area contributed by atoms with Crippen LogP contribution in [0.1, 0.15) is 15.9 Å². The third-order valence-corrected chi connectivity index (χ3v) is 3.95. The van der Waals surface area contributed by atoms with E-state index >= 15 is 0 Å². The molecule has 28 heavy (non-hydrogen) atoms. The first kappa shape index (κ1) is 19.7. The van der Waals surface area contributed by atoms with Crippen molar-refractivity contribution in [2.24, 2.45) is 0 Å². The van der Waals surface area contributed by atoms with Crippen LogP contribution < -0.4 is 10.1 Å². The molecule has 0 spiro atoms. The van der Waals surface area contributed by atoms with Gasteiger partial charge in [0.15, 0.2) is 5.75 Å². The van der Waals surface area contributed by atoms with Gasteiger partial charge in [0, 0.05) is 10.6 Å². The molecule has 0 atom stereocenters. The number of alkyl halides is 3. The van der Waals surface area contributed by atoms with E-state index in [1.165, 1.54) is 24.3 Å². The zero-order valence-electron chi connectivity index (χ0n) is 14.1. The molecule has 0 unspecified atom stereocenters. The zero-order chi connectivity index (χ0) is 20.3. The Morgan fingerprint density at radius 2 is 1.57 bits per heavy atom. The van der Waals surface area contributed by atoms with Crippen LogP contribution in [0.15, 0.2) is 66.7 Å². The highest BCUT2D eigenvalue weighted by atomic mass is 35.5. The summed E-state index contributed by atoms with van der Waals surface area (Å²) in [6, 6.07) is 13.5. The second kappa shape index (κ2) is 7.90. The van der Waals surface area contributed by atoms with Gasteiger partial charge in [0.25, 0.3) is 5.91 Å². The van der Waals surface area contributed by atoms with Crippen molar-refractivity contribution in [2.45, 2.75) is 6.18 Å². The van der Waals surface area contributed by atoms with Gasteiger partial charge in [0.1, 0.15) is 11.6 Å². The summed E-state index contributed by atoms with van der Waals surface area (Å²) < 4.78 is 57.8. The minimum Gasteiger partial charge on any atom is -0.455 e. The molecule has 3 aromatic rings. The topological polar surface area (TPSA) is 38.3 Å². The second-order valence-corrected chi connectivity index (χ2v) is 6.16. The molecule has 0 aromatic heterocycles. The molecule has 3 aromatic carbocycles. The second-order valence-electron chi connectivity index (χ2n) is 5.73. The first-order valence-corrected chi connectivity index (χ1v) is 8.32. The highest BCUT2D eigenvalue weighted by molar-refractivity contribution is 6.30. The SMILES string of the molecule is O=C(Nc1cc(C(F)(F)F)ccc1Oc1ccc(Cl)cc1)c1ccc(F)cc1. The number of amides is 1. The number of nitrogens with one attached hydrogen (secondary N) is 1. The van der Waals surface area contributed by atoms with Crippen molar-refractivity contribution in [1.82, 2.24) is 0 Å². The third-order valence-electron chi connectivity index (χ3n) is 3.70. The molecule has 0 radical (unpaired) electrons. The molecule has 0 aliphatic carbocycles. The van der Waals surface area contributed by atoms with E-state index in [0.29, 0.717) is 10.8 Å². The van der Waals surface area contributed by atoms with Gasteiger partial charge in [-0.15, -0.1) is 0 Å². The molecule has 3 rings (SSSR count). The summed E-state index contributed by atoms with van der Waals surface area (Å²) in [4.78, 5) is 12.3. The van der Waals surface area contributed by atoms with Crippen molar-refractivity contribution in [2.75, 3.05) is 5.32 Å². The van der Waals surface area contributed by atoms with Crippen LogP contribution in [0, 0.1) is 5.82 Å². The number of anilines is 1. The number of rotatable bonds is 4. The van der Waals surface area contributed by atoms with Gasteiger partial charge in [0.2, 0.25) is 0 Å². The summed E-state index contributed by atoms with van der Waals surface area (Å²) in [6.45, 7) is 0. The highest BCUT2D eigenvalue weighted by Crippen LogP contribution is 2.37. The molecule has 0 bridgehead atoms. The van der Waals surface area contributed by atoms with Gasteiger partial charge < -0.3 is 10.1 Å². The maximum Gasteiger partial charge on any atom is 0.416 e. The Balaban J connectivity index is 1.94. The Hall–Kier alpha value is -3.06. The molecule has 8 heteroatoms. The van der Waals surface area contributed by atoms with Crippen LogP contribution in [0.25, 0.3) is 0 Å². The van der Waals surface area contributed by atoms with Crippen molar-refractivity contribution in [3.05, 3.63) is 88.7 Å². The van der Waals surface area contributed by atoms with Crippen molar-refractivity contribution >= 4 is 23.2 Å². The molecule has 0 heterocycles. The first-order valence-electron chi connectivity index (χ1n) is 7.94. The monoisotopic (exact) mass is 409 g/mol. The molecular formula is C20H12ClF4NO2. The molecule has 144 valence electrons. The van der Waals surface area contributed by atoms with E-state index in [2.05, 4.69) is 5.32 Å². The van der Waals surface area contributed by atoms with Crippen LogP contribution in [-0.4, -0.2) is 5.91 Å². The summed E-state index contributed by atoms with van der Waals surface area (Å²) >= 11 is 5.80. The van der Waals surface area contributed by atoms with Crippen LogP contribution >= 0.6 is 11.6 Å². The van der Waals surface area contributed by atoms with E-state index < -0.39 is 23.5 Å². The van der Waals surface area contributed by atoms with Crippen LogP contribution in [-0.2, 0) is 6.18 Å². The Labute approximate surface area is 162 Å². The number of hydrogen-bond donors (Lipinski definition) is 1. The lowest BCUT2D eigenvalue weighted by Crippen LogP contribution is -2.14. The van der Waals surface area contributed by atoms with Crippen molar-refractivity contribution < 1.29 is 27.1 Å². The van der Waals surface area contributed by atoms with E-state index in [1.54, 1.807) is 12.1 Å². The van der Waals surface area contributed by atoms with Gasteiger partial charge >= 0.3 is 6.18 Å². The van der Waals surface area contributed by atoms with E-state index in [-0.39, 0.29) is 17.0 Å². The van der Waals surface area contributed by atoms with E-state index in [0.717, 1.165) is 30.3 Å². The van der Waals surface area contributed by atoms with E-state index in [9.17, 15) is 22.4 Å². The number of ether oxygens (including phenoxy) is 1. The van der Waals surface area contributed by atoms with Crippen molar-refractivity contribution in [3.8, 4) is 11.5 Å². The van der Waals surface area contributed by atoms with Crippen molar-refractivity contribution in [3.63, 3.8) is 0 Å². The summed E-state index contributed by atoms with van der Waals surface area (Å²) in [5.74, 6) is -0.921. The Morgan fingerprint density at radius 3 is 2.18 bits per heavy atom. The predicted octanol–water partition coefficient (Wildman–Crippen LogP) is 6.54. The minimum absolute atomic E-state index is 0.00536. The minimum atomic E-state index is -4.60. The molecule has 1 amide bonds. The maximum atomic E-state index is 13.1. The number of benzene rings is 3. The van der Waals surface area contributed by atoms with Crippen LogP contribution in [0.3, 0.4) is 0 Å². The smallest absolute Gasteiger partial charge is 0.416 e. The number of carbonyl (C=O) groups excluding carboxylic acids is 1. The van der Waals surface area contributed by atoms with E-state index in [1.807, 2.05) is 0 Å². The summed E-state index contributed by atoms with van der Waals surface area (Å²) in [6.07, 6.45) is -4.60. The quantitative estimate of drug-likeness (QED) is 0.497. The molecule has 3 nitrogen and oxygen atoms in total. The zero-order valence-corrected chi connectivity index (χ0v) is 14.8. The Bertz CT molecular complexity index is 987. The lowest BCUT2D eigenvalue weighted by Gasteiger charge is -2.15. The van der Waals surface area contributed by atoms with E-state index in [4.69, 9.17) is 16.3 Å². The van der Waals surface area contributed by atoms with Gasteiger partial charge in [-0.05, 0) is 66.7 Å². The molecule has 0 aliphatic heterocycles. The fraction of sp³-hybridized carbons (Fsp3) is 0.0500. The van der Waals surface area contributed by atoms with Gasteiger partial charge in [-0.1, -0.05) is 11.6 Å². The Morgan fingerprint density at radius 1 is 0.929 bits per heavy atom. The average Bonchev–Trinajstić information content (AvgIpc) is 2.64. The lowest BCUT2D eigenvalue weighted by molar-refractivity contribution is -0.137. The fourth-order valence-electron chi connectivity index (χ4n) is 2.32. The number of carbonyl (C=O) groups is 1. The molecule has 0 saturated heterocycles. The largest absolute Gasteiger partial charge is 0.455 e. The molecule has 0 aliphatic rings. The third kappa shape index (κ3) is 4.80. The highest BCUT2D eigenvalue weighted by Gasteiger charge is 2.31. The standard InChI is InChI=1S/C20H12ClF4NO2/c21-14-4-8-16(9-5-14)28-18-10-3-13(20(23,24)25)11-17(18)26-19(27)12-1-6-15(22)7-2-12/h1-11H,(H,26,27). The van der Waals surface area contributed by atoms with Crippen LogP contribution in [0.5, 0.6) is 11.5 Å². The average molecular weight is 410 g/mol. The summed E-state index contributed by atoms with van der Waals surface area (Å²) in [5, 5.41) is 2.84. The number of halogens is 5. The summed E-state index contributed by atoms with van der Waals surface area (Å²) in [5.41, 5.74) is -1.05. The van der Waals surface area contributed by atoms with Gasteiger partial charge in [0.05, 0.1) is 11.3 Å². The van der Waals surface area contributed by atoms with Crippen LogP contribution in [0.2, 0.25) is 5.02 Å². The first-order chi connectivity index (χ1) is 13.2. The molecular weight excluding hydrogens is 398 g/mol. The Kier molecular flexibility index (Phi) is 5.56. The molecule has 0 saturated carbocycles.